The topological polar surface area (TPSA) is 16.4 Å². The van der Waals surface area contributed by atoms with Crippen LogP contribution in [0.25, 0.3) is 77.6 Å². The molecule has 10 rings (SSSR count). The lowest BCUT2D eigenvalue weighted by Crippen LogP contribution is -2.20. The summed E-state index contributed by atoms with van der Waals surface area (Å²) >= 11 is 0. The van der Waals surface area contributed by atoms with Crippen molar-refractivity contribution in [1.29, 1.82) is 0 Å². The molecule has 0 radical (unpaired) electrons. The Hall–Kier alpha value is -6.64. The van der Waals surface area contributed by atoms with E-state index in [2.05, 4.69) is 187 Å². The summed E-state index contributed by atoms with van der Waals surface area (Å²) < 4.78 is 6.49. The molecule has 52 heavy (non-hydrogen) atoms. The molecular weight excluding hydrogens is 631 g/mol. The molecule has 0 fully saturated rings. The van der Waals surface area contributed by atoms with E-state index in [1.165, 1.54) is 66.9 Å². The van der Waals surface area contributed by atoms with Gasteiger partial charge in [-0.2, -0.15) is 0 Å². The van der Waals surface area contributed by atoms with Crippen LogP contribution in [0, 0.1) is 0 Å². The fourth-order valence-corrected chi connectivity index (χ4v) is 7.95. The first kappa shape index (κ1) is 30.2. The SMILES string of the molecule is c1ccc(-c2cc(-c3ccccc3)cc(-c3ccc4c(c3)-c3ccc(-c5cccc6c5oc5ccccc56)cc3CN(c3ccccc3)C4)c2)cc1. The summed E-state index contributed by atoms with van der Waals surface area (Å²) in [6, 6.07) is 68.1. The van der Waals surface area contributed by atoms with E-state index in [-0.39, 0.29) is 0 Å². The minimum atomic E-state index is 0.801. The number of anilines is 1. The largest absolute Gasteiger partial charge is 0.455 e. The number of benzene rings is 8. The van der Waals surface area contributed by atoms with Gasteiger partial charge in [-0.25, -0.2) is 0 Å². The average Bonchev–Trinajstić information content (AvgIpc) is 3.52. The van der Waals surface area contributed by atoms with Crippen LogP contribution in [-0.4, -0.2) is 0 Å². The minimum Gasteiger partial charge on any atom is -0.455 e. The van der Waals surface area contributed by atoms with Gasteiger partial charge in [0.25, 0.3) is 0 Å². The van der Waals surface area contributed by atoms with Gasteiger partial charge in [-0.15, -0.1) is 0 Å². The van der Waals surface area contributed by atoms with Crippen molar-refractivity contribution in [3.63, 3.8) is 0 Å². The fourth-order valence-electron chi connectivity index (χ4n) is 7.95. The molecule has 0 N–H and O–H groups in total. The fraction of sp³-hybridized carbons (Fsp3) is 0.0400. The molecule has 1 aliphatic rings. The molecule has 1 aromatic heterocycles. The van der Waals surface area contributed by atoms with Gasteiger partial charge in [0, 0.05) is 35.1 Å². The summed E-state index contributed by atoms with van der Waals surface area (Å²) in [7, 11) is 0. The normalized spacial score (nSPS) is 12.4. The van der Waals surface area contributed by atoms with Crippen molar-refractivity contribution in [2.45, 2.75) is 13.1 Å². The Kier molecular flexibility index (Phi) is 7.32. The number of rotatable bonds is 5. The molecule has 2 nitrogen and oxygen atoms in total. The molecule has 1 aliphatic heterocycles. The summed E-state index contributed by atoms with van der Waals surface area (Å²) in [5.41, 5.74) is 17.8. The van der Waals surface area contributed by atoms with Crippen LogP contribution in [0.2, 0.25) is 0 Å². The van der Waals surface area contributed by atoms with Crippen LogP contribution in [0.15, 0.2) is 192 Å². The highest BCUT2D eigenvalue weighted by molar-refractivity contribution is 6.09. The first-order chi connectivity index (χ1) is 25.7. The Bertz CT molecular complexity index is 2670. The standard InChI is InChI=1S/C50H35NO/c1-4-13-34(14-5-1)39-28-40(35-15-6-2-7-16-35)30-41(29-39)36-23-24-38-32-51(43-17-8-3-9-18-43)33-42-27-37(25-26-44(42)48(38)31-36)45-20-12-21-47-46-19-10-11-22-49(46)52-50(45)47/h1-31H,32-33H2. The van der Waals surface area contributed by atoms with Gasteiger partial charge in [0.2, 0.25) is 0 Å². The van der Waals surface area contributed by atoms with E-state index in [0.29, 0.717) is 0 Å². The highest BCUT2D eigenvalue weighted by atomic mass is 16.3. The molecule has 0 atom stereocenters. The zero-order chi connectivity index (χ0) is 34.4. The second-order valence-corrected chi connectivity index (χ2v) is 13.7. The number of nitrogens with zero attached hydrogens (tertiary/aromatic N) is 1. The molecule has 246 valence electrons. The predicted octanol–water partition coefficient (Wildman–Crippen LogP) is 13.4. The Balaban J connectivity index is 1.14. The van der Waals surface area contributed by atoms with Crippen molar-refractivity contribution in [2.24, 2.45) is 0 Å². The van der Waals surface area contributed by atoms with Crippen molar-refractivity contribution in [2.75, 3.05) is 4.90 Å². The van der Waals surface area contributed by atoms with E-state index in [4.69, 9.17) is 4.42 Å². The second kappa shape index (κ2) is 12.6. The van der Waals surface area contributed by atoms with Crippen LogP contribution in [0.5, 0.6) is 0 Å². The molecule has 2 heteroatoms. The molecule has 0 amide bonds. The third-order valence-corrected chi connectivity index (χ3v) is 10.5. The average molecular weight is 666 g/mol. The number of para-hydroxylation sites is 3. The molecule has 9 aromatic rings. The van der Waals surface area contributed by atoms with E-state index in [1.807, 2.05) is 6.07 Å². The van der Waals surface area contributed by atoms with Gasteiger partial charge in [-0.05, 0) is 110 Å². The Morgan fingerprint density at radius 3 is 1.67 bits per heavy atom. The third-order valence-electron chi connectivity index (χ3n) is 10.5. The first-order valence-corrected chi connectivity index (χ1v) is 18.0. The quantitative estimate of drug-likeness (QED) is 0.182. The van der Waals surface area contributed by atoms with E-state index in [0.717, 1.165) is 40.6 Å². The van der Waals surface area contributed by atoms with Crippen LogP contribution >= 0.6 is 0 Å². The van der Waals surface area contributed by atoms with Crippen LogP contribution in [0.3, 0.4) is 0 Å². The highest BCUT2D eigenvalue weighted by Gasteiger charge is 2.22. The number of hydrogen-bond donors (Lipinski definition) is 0. The number of furan rings is 1. The zero-order valence-corrected chi connectivity index (χ0v) is 28.7. The molecule has 8 aromatic carbocycles. The minimum absolute atomic E-state index is 0.801. The van der Waals surface area contributed by atoms with E-state index >= 15 is 0 Å². The first-order valence-electron chi connectivity index (χ1n) is 18.0. The lowest BCUT2D eigenvalue weighted by atomic mass is 9.89. The van der Waals surface area contributed by atoms with Crippen LogP contribution in [0.1, 0.15) is 11.1 Å². The lowest BCUT2D eigenvalue weighted by molar-refractivity contribution is 0.670. The molecule has 0 bridgehead atoms. The molecule has 0 saturated heterocycles. The maximum Gasteiger partial charge on any atom is 0.143 e. The Morgan fingerprint density at radius 1 is 0.346 bits per heavy atom. The summed E-state index contributed by atoms with van der Waals surface area (Å²) in [6.45, 7) is 1.62. The van der Waals surface area contributed by atoms with Crippen LogP contribution < -0.4 is 4.90 Å². The molecular formula is C50H35NO. The maximum absolute atomic E-state index is 6.49. The summed E-state index contributed by atoms with van der Waals surface area (Å²) in [5, 5.41) is 2.30. The smallest absolute Gasteiger partial charge is 0.143 e. The highest BCUT2D eigenvalue weighted by Crippen LogP contribution is 2.42. The van der Waals surface area contributed by atoms with E-state index in [1.54, 1.807) is 0 Å². The van der Waals surface area contributed by atoms with Gasteiger partial charge >= 0.3 is 0 Å². The predicted molar refractivity (Wildman–Crippen MR) is 217 cm³/mol. The maximum atomic E-state index is 6.49. The zero-order valence-electron chi connectivity index (χ0n) is 28.7. The van der Waals surface area contributed by atoms with Gasteiger partial charge in [0.1, 0.15) is 11.2 Å². The summed E-state index contributed by atoms with van der Waals surface area (Å²) in [5.74, 6) is 0. The second-order valence-electron chi connectivity index (χ2n) is 13.7. The van der Waals surface area contributed by atoms with Crippen molar-refractivity contribution in [1.82, 2.24) is 0 Å². The lowest BCUT2D eigenvalue weighted by Gasteiger charge is -2.24. The summed E-state index contributed by atoms with van der Waals surface area (Å²) in [6.07, 6.45) is 0. The third kappa shape index (κ3) is 5.37. The van der Waals surface area contributed by atoms with E-state index < -0.39 is 0 Å². The van der Waals surface area contributed by atoms with Crippen molar-refractivity contribution >= 4 is 27.6 Å². The van der Waals surface area contributed by atoms with Gasteiger partial charge in [-0.1, -0.05) is 140 Å². The molecule has 0 spiro atoms. The van der Waals surface area contributed by atoms with Gasteiger partial charge in [-0.3, -0.25) is 0 Å². The Morgan fingerprint density at radius 2 is 0.942 bits per heavy atom. The summed E-state index contributed by atoms with van der Waals surface area (Å²) in [4.78, 5) is 2.50. The molecule has 0 aliphatic carbocycles. The van der Waals surface area contributed by atoms with Crippen LogP contribution in [0.4, 0.5) is 5.69 Å². The van der Waals surface area contributed by atoms with E-state index in [9.17, 15) is 0 Å². The Labute approximate surface area is 303 Å². The van der Waals surface area contributed by atoms with Crippen LogP contribution in [-0.2, 0) is 13.1 Å². The van der Waals surface area contributed by atoms with Gasteiger partial charge in [0.15, 0.2) is 0 Å². The van der Waals surface area contributed by atoms with Gasteiger partial charge in [0.05, 0.1) is 0 Å². The van der Waals surface area contributed by atoms with Crippen molar-refractivity contribution in [3.05, 3.63) is 199 Å². The molecule has 2 heterocycles. The van der Waals surface area contributed by atoms with Crippen molar-refractivity contribution in [3.8, 4) is 55.6 Å². The molecule has 0 unspecified atom stereocenters. The van der Waals surface area contributed by atoms with Gasteiger partial charge < -0.3 is 9.32 Å². The molecule has 0 saturated carbocycles. The monoisotopic (exact) mass is 665 g/mol. The number of fused-ring (bicyclic) bond motifs is 6. The number of hydrogen-bond acceptors (Lipinski definition) is 2. The van der Waals surface area contributed by atoms with Crippen molar-refractivity contribution < 1.29 is 4.42 Å².